The Hall–Kier alpha value is -1.29. The highest BCUT2D eigenvalue weighted by atomic mass is 35.5. The topological polar surface area (TPSA) is 46.4 Å². The summed E-state index contributed by atoms with van der Waals surface area (Å²) in [6.07, 6.45) is 0. The maximum atomic E-state index is 10.4. The quantitative estimate of drug-likeness (QED) is 0.404. The predicted molar refractivity (Wildman–Crippen MR) is 47.4 cm³/mol. The van der Waals surface area contributed by atoms with Gasteiger partial charge in [0.05, 0.1) is 4.92 Å². The van der Waals surface area contributed by atoms with Crippen molar-refractivity contribution < 1.29 is 4.92 Å². The Balaban J connectivity index is 3.17. The van der Waals surface area contributed by atoms with Gasteiger partial charge in [0, 0.05) is 24.9 Å². The average molecular weight is 187 g/mol. The van der Waals surface area contributed by atoms with Crippen LogP contribution in [0.5, 0.6) is 0 Å². The van der Waals surface area contributed by atoms with E-state index in [4.69, 9.17) is 11.8 Å². The van der Waals surface area contributed by atoms with Gasteiger partial charge in [0.15, 0.2) is 0 Å². The van der Waals surface area contributed by atoms with E-state index in [1.165, 1.54) is 10.5 Å². The molecule has 0 N–H and O–H groups in total. The molecule has 0 aromatic heterocycles. The van der Waals surface area contributed by atoms with Crippen molar-refractivity contribution in [3.63, 3.8) is 0 Å². The normalized spacial score (nSPS) is 9.50. The number of rotatable bonds is 2. The van der Waals surface area contributed by atoms with Gasteiger partial charge in [0.1, 0.15) is 5.69 Å². The van der Waals surface area contributed by atoms with E-state index in [0.717, 1.165) is 0 Å². The van der Waals surface area contributed by atoms with Crippen LogP contribution in [0.1, 0.15) is 0 Å². The summed E-state index contributed by atoms with van der Waals surface area (Å²) in [5.41, 5.74) is 0.402. The van der Waals surface area contributed by atoms with Crippen molar-refractivity contribution in [3.05, 3.63) is 34.4 Å². The van der Waals surface area contributed by atoms with E-state index in [0.29, 0.717) is 5.69 Å². The number of nitrogens with zero attached hydrogens (tertiary/aromatic N) is 2. The first-order valence-electron chi connectivity index (χ1n) is 3.26. The summed E-state index contributed by atoms with van der Waals surface area (Å²) in [5, 5.41) is 10.4. The van der Waals surface area contributed by atoms with E-state index in [-0.39, 0.29) is 5.69 Å². The van der Waals surface area contributed by atoms with Crippen LogP contribution in [0.3, 0.4) is 0 Å². The lowest BCUT2D eigenvalue weighted by atomic mass is 10.3. The zero-order chi connectivity index (χ0) is 9.14. The van der Waals surface area contributed by atoms with Crippen LogP contribution in [-0.2, 0) is 0 Å². The second-order valence-corrected chi connectivity index (χ2v) is 2.73. The maximum Gasteiger partial charge on any atom is 0.293 e. The molecule has 0 saturated carbocycles. The zero-order valence-electron chi connectivity index (χ0n) is 6.40. The zero-order valence-corrected chi connectivity index (χ0v) is 7.15. The Morgan fingerprint density at radius 2 is 2.08 bits per heavy atom. The van der Waals surface area contributed by atoms with Gasteiger partial charge in [-0.15, -0.1) is 0 Å². The van der Waals surface area contributed by atoms with E-state index in [9.17, 15) is 10.1 Å². The second kappa shape index (κ2) is 3.40. The van der Waals surface area contributed by atoms with Gasteiger partial charge in [0.25, 0.3) is 5.69 Å². The standard InChI is InChI=1S/C7H7ClN2O2/c1-9(8)6-4-2-3-5-7(6)10(11)12/h2-5H,1H3. The van der Waals surface area contributed by atoms with Crippen LogP contribution in [-0.4, -0.2) is 12.0 Å². The molecule has 12 heavy (non-hydrogen) atoms. The van der Waals surface area contributed by atoms with Gasteiger partial charge in [-0.3, -0.25) is 14.5 Å². The number of hydrogen-bond acceptors (Lipinski definition) is 3. The minimum absolute atomic E-state index is 0.00926. The van der Waals surface area contributed by atoms with Crippen molar-refractivity contribution in [2.45, 2.75) is 0 Å². The highest BCUT2D eigenvalue weighted by Crippen LogP contribution is 2.27. The first-order valence-corrected chi connectivity index (χ1v) is 3.59. The predicted octanol–water partition coefficient (Wildman–Crippen LogP) is 2.18. The van der Waals surface area contributed by atoms with Crippen LogP contribution in [0.15, 0.2) is 24.3 Å². The van der Waals surface area contributed by atoms with Crippen LogP contribution in [0.2, 0.25) is 0 Å². The molecular weight excluding hydrogens is 180 g/mol. The van der Waals surface area contributed by atoms with Gasteiger partial charge in [-0.2, -0.15) is 0 Å². The average Bonchev–Trinajstić information content (AvgIpc) is 2.04. The van der Waals surface area contributed by atoms with Crippen molar-refractivity contribution >= 4 is 23.2 Å². The Bertz CT molecular complexity index is 301. The number of halogens is 1. The van der Waals surface area contributed by atoms with Crippen LogP contribution < -0.4 is 4.42 Å². The summed E-state index contributed by atoms with van der Waals surface area (Å²) in [7, 11) is 1.55. The number of nitro benzene ring substituents is 1. The summed E-state index contributed by atoms with van der Waals surface area (Å²) >= 11 is 5.58. The largest absolute Gasteiger partial charge is 0.293 e. The summed E-state index contributed by atoms with van der Waals surface area (Å²) < 4.78 is 1.19. The van der Waals surface area contributed by atoms with E-state index < -0.39 is 4.92 Å². The van der Waals surface area contributed by atoms with Gasteiger partial charge < -0.3 is 0 Å². The maximum absolute atomic E-state index is 10.4. The number of nitro groups is 1. The van der Waals surface area contributed by atoms with Gasteiger partial charge >= 0.3 is 0 Å². The smallest absolute Gasteiger partial charge is 0.282 e. The molecule has 0 aliphatic heterocycles. The molecule has 0 radical (unpaired) electrons. The van der Waals surface area contributed by atoms with E-state index in [2.05, 4.69) is 0 Å². The SMILES string of the molecule is CN(Cl)c1ccccc1[N+](=O)[O-]. The highest BCUT2D eigenvalue weighted by molar-refractivity contribution is 6.25. The highest BCUT2D eigenvalue weighted by Gasteiger charge is 2.13. The molecular formula is C7H7ClN2O2. The molecule has 0 unspecified atom stereocenters. The van der Waals surface area contributed by atoms with Crippen LogP contribution >= 0.6 is 11.8 Å². The Morgan fingerprint density at radius 1 is 1.50 bits per heavy atom. The molecule has 0 spiro atoms. The molecule has 0 saturated heterocycles. The van der Waals surface area contributed by atoms with E-state index in [1.807, 2.05) is 0 Å². The van der Waals surface area contributed by atoms with Crippen LogP contribution in [0.25, 0.3) is 0 Å². The lowest BCUT2D eigenvalue weighted by Crippen LogP contribution is -2.03. The fourth-order valence-electron chi connectivity index (χ4n) is 0.879. The van der Waals surface area contributed by atoms with Crippen molar-refractivity contribution in [2.24, 2.45) is 0 Å². The molecule has 0 fully saturated rings. The van der Waals surface area contributed by atoms with Crippen molar-refractivity contribution in [1.82, 2.24) is 0 Å². The number of benzene rings is 1. The fraction of sp³-hybridized carbons (Fsp3) is 0.143. The first kappa shape index (κ1) is 8.80. The molecule has 0 heterocycles. The minimum atomic E-state index is -0.464. The molecule has 0 bridgehead atoms. The lowest BCUT2D eigenvalue weighted by molar-refractivity contribution is -0.384. The summed E-state index contributed by atoms with van der Waals surface area (Å²) in [6, 6.07) is 6.29. The van der Waals surface area contributed by atoms with E-state index >= 15 is 0 Å². The molecule has 1 rings (SSSR count). The second-order valence-electron chi connectivity index (χ2n) is 2.22. The third-order valence-corrected chi connectivity index (χ3v) is 1.59. The van der Waals surface area contributed by atoms with Gasteiger partial charge in [-0.1, -0.05) is 12.1 Å². The van der Waals surface area contributed by atoms with Crippen molar-refractivity contribution in [2.75, 3.05) is 11.5 Å². The first-order chi connectivity index (χ1) is 5.63. The molecule has 1 aromatic rings. The molecule has 64 valence electrons. The summed E-state index contributed by atoms with van der Waals surface area (Å²) in [6.45, 7) is 0. The lowest BCUT2D eigenvalue weighted by Gasteiger charge is -2.07. The molecule has 0 amide bonds. The Labute approximate surface area is 74.6 Å². The third-order valence-electron chi connectivity index (χ3n) is 1.41. The van der Waals surface area contributed by atoms with Crippen LogP contribution in [0.4, 0.5) is 11.4 Å². The van der Waals surface area contributed by atoms with Gasteiger partial charge in [0.2, 0.25) is 0 Å². The Morgan fingerprint density at radius 3 is 2.50 bits per heavy atom. The van der Waals surface area contributed by atoms with Crippen molar-refractivity contribution in [3.8, 4) is 0 Å². The number of anilines is 1. The minimum Gasteiger partial charge on any atom is -0.282 e. The Kier molecular flexibility index (Phi) is 2.50. The number of para-hydroxylation sites is 2. The van der Waals surface area contributed by atoms with Gasteiger partial charge in [-0.25, -0.2) is 0 Å². The molecule has 0 aliphatic carbocycles. The van der Waals surface area contributed by atoms with Crippen LogP contribution in [0, 0.1) is 10.1 Å². The van der Waals surface area contributed by atoms with Gasteiger partial charge in [-0.05, 0) is 6.07 Å². The molecule has 5 heteroatoms. The summed E-state index contributed by atoms with van der Waals surface area (Å²) in [4.78, 5) is 9.98. The third kappa shape index (κ3) is 1.65. The molecule has 0 aliphatic rings. The molecule has 4 nitrogen and oxygen atoms in total. The monoisotopic (exact) mass is 186 g/mol. The van der Waals surface area contributed by atoms with E-state index in [1.54, 1.807) is 25.2 Å². The molecule has 1 aromatic carbocycles. The fourth-order valence-corrected chi connectivity index (χ4v) is 1.02. The molecule has 0 atom stereocenters. The number of hydrogen-bond donors (Lipinski definition) is 0. The summed E-state index contributed by atoms with van der Waals surface area (Å²) in [5.74, 6) is 0. The van der Waals surface area contributed by atoms with Crippen molar-refractivity contribution in [1.29, 1.82) is 0 Å².